The summed E-state index contributed by atoms with van der Waals surface area (Å²) in [5.74, 6) is -0.113. The summed E-state index contributed by atoms with van der Waals surface area (Å²) >= 11 is 0. The van der Waals surface area contributed by atoms with Crippen LogP contribution in [0.15, 0.2) is 17.0 Å². The third kappa shape index (κ3) is 1.49. The minimum absolute atomic E-state index is 0.113. The fraction of sp³-hybridized carbons (Fsp3) is 0.333. The van der Waals surface area contributed by atoms with Crippen LogP contribution in [0.5, 0.6) is 5.75 Å². The van der Waals surface area contributed by atoms with Gasteiger partial charge in [0.15, 0.2) is 0 Å². The Morgan fingerprint density at radius 1 is 1.21 bits per heavy atom. The lowest BCUT2D eigenvalue weighted by molar-refractivity contribution is 0.465. The molecule has 0 saturated heterocycles. The molecule has 1 aromatic carbocycles. The van der Waals surface area contributed by atoms with Crippen LogP contribution in [0.25, 0.3) is 0 Å². The molecule has 76 valence electrons. The van der Waals surface area contributed by atoms with Gasteiger partial charge in [0.25, 0.3) is 10.1 Å². The van der Waals surface area contributed by atoms with E-state index in [0.717, 1.165) is 24.5 Å². The van der Waals surface area contributed by atoms with E-state index < -0.39 is 10.1 Å². The Kier molecular flexibility index (Phi) is 2.01. The van der Waals surface area contributed by atoms with Crippen molar-refractivity contribution in [2.75, 3.05) is 0 Å². The van der Waals surface area contributed by atoms with Crippen LogP contribution >= 0.6 is 0 Å². The molecule has 0 radical (unpaired) electrons. The number of aromatic hydroxyl groups is 1. The van der Waals surface area contributed by atoms with E-state index in [4.69, 9.17) is 4.55 Å². The normalized spacial score (nSPS) is 15.5. The van der Waals surface area contributed by atoms with Gasteiger partial charge in [-0.1, -0.05) is 0 Å². The molecule has 2 rings (SSSR count). The molecule has 0 saturated carbocycles. The van der Waals surface area contributed by atoms with Crippen LogP contribution in [0.4, 0.5) is 0 Å². The largest absolute Gasteiger partial charge is 0.508 e. The molecule has 1 aromatic rings. The summed E-state index contributed by atoms with van der Waals surface area (Å²) in [6, 6.07) is 2.65. The summed E-state index contributed by atoms with van der Waals surface area (Å²) in [6.45, 7) is 0. The summed E-state index contributed by atoms with van der Waals surface area (Å²) in [5.41, 5.74) is 1.46. The van der Waals surface area contributed by atoms with Crippen LogP contribution in [-0.4, -0.2) is 18.1 Å². The first-order valence-corrected chi connectivity index (χ1v) is 5.75. The Morgan fingerprint density at radius 2 is 1.93 bits per heavy atom. The minimum Gasteiger partial charge on any atom is -0.508 e. The van der Waals surface area contributed by atoms with Gasteiger partial charge in [0.1, 0.15) is 10.6 Å². The SMILES string of the molecule is O=S(=O)(O)c1cc(O)cc2c1CCC2. The molecule has 0 heterocycles. The van der Waals surface area contributed by atoms with Gasteiger partial charge in [-0.25, -0.2) is 0 Å². The number of phenols is 1. The van der Waals surface area contributed by atoms with Gasteiger partial charge in [0, 0.05) is 6.07 Å². The number of phenolic OH excluding ortho intramolecular Hbond substituents is 1. The van der Waals surface area contributed by atoms with Crippen molar-refractivity contribution in [3.63, 3.8) is 0 Å². The van der Waals surface area contributed by atoms with Crippen molar-refractivity contribution < 1.29 is 18.1 Å². The maximum absolute atomic E-state index is 11.0. The highest BCUT2D eigenvalue weighted by molar-refractivity contribution is 7.85. The molecular formula is C9H10O4S. The summed E-state index contributed by atoms with van der Waals surface area (Å²) in [6.07, 6.45) is 2.26. The van der Waals surface area contributed by atoms with Crippen LogP contribution in [0.3, 0.4) is 0 Å². The van der Waals surface area contributed by atoms with Crippen molar-refractivity contribution in [1.82, 2.24) is 0 Å². The Morgan fingerprint density at radius 3 is 2.57 bits per heavy atom. The Bertz CT molecular complexity index is 476. The first-order valence-electron chi connectivity index (χ1n) is 4.31. The van der Waals surface area contributed by atoms with E-state index in [9.17, 15) is 13.5 Å². The van der Waals surface area contributed by atoms with E-state index in [0.29, 0.717) is 12.0 Å². The molecule has 1 aliphatic carbocycles. The molecule has 0 aliphatic heterocycles. The number of hydrogen-bond donors (Lipinski definition) is 2. The zero-order valence-electron chi connectivity index (χ0n) is 7.40. The topological polar surface area (TPSA) is 74.6 Å². The second-order valence-electron chi connectivity index (χ2n) is 3.41. The van der Waals surface area contributed by atoms with Crippen molar-refractivity contribution in [2.24, 2.45) is 0 Å². The smallest absolute Gasteiger partial charge is 0.294 e. The van der Waals surface area contributed by atoms with Gasteiger partial charge in [0.2, 0.25) is 0 Å². The van der Waals surface area contributed by atoms with Crippen molar-refractivity contribution in [2.45, 2.75) is 24.2 Å². The van der Waals surface area contributed by atoms with E-state index >= 15 is 0 Å². The Hall–Kier alpha value is -1.07. The quantitative estimate of drug-likeness (QED) is 0.687. The summed E-state index contributed by atoms with van der Waals surface area (Å²) in [4.78, 5) is -0.148. The highest BCUT2D eigenvalue weighted by Crippen LogP contribution is 2.31. The van der Waals surface area contributed by atoms with Crippen LogP contribution in [0.2, 0.25) is 0 Å². The second kappa shape index (κ2) is 2.96. The van der Waals surface area contributed by atoms with Crippen LogP contribution in [0.1, 0.15) is 17.5 Å². The lowest BCUT2D eigenvalue weighted by Gasteiger charge is -2.06. The monoisotopic (exact) mass is 214 g/mol. The summed E-state index contributed by atoms with van der Waals surface area (Å²) < 4.78 is 30.9. The third-order valence-corrected chi connectivity index (χ3v) is 3.36. The van der Waals surface area contributed by atoms with Gasteiger partial charge in [0.05, 0.1) is 0 Å². The molecule has 2 N–H and O–H groups in total. The predicted molar refractivity (Wildman–Crippen MR) is 49.9 cm³/mol. The summed E-state index contributed by atoms with van der Waals surface area (Å²) in [5, 5.41) is 9.26. The van der Waals surface area contributed by atoms with E-state index in [1.807, 2.05) is 0 Å². The van der Waals surface area contributed by atoms with Crippen molar-refractivity contribution in [1.29, 1.82) is 0 Å². The molecule has 0 spiro atoms. The lowest BCUT2D eigenvalue weighted by Crippen LogP contribution is -2.02. The minimum atomic E-state index is -4.21. The van der Waals surface area contributed by atoms with Gasteiger partial charge < -0.3 is 5.11 Å². The highest BCUT2D eigenvalue weighted by Gasteiger charge is 2.22. The second-order valence-corrected chi connectivity index (χ2v) is 4.80. The molecule has 0 atom stereocenters. The van der Waals surface area contributed by atoms with Gasteiger partial charge >= 0.3 is 0 Å². The molecule has 0 fully saturated rings. The van der Waals surface area contributed by atoms with Crippen molar-refractivity contribution in [3.8, 4) is 5.75 Å². The molecule has 0 bridgehead atoms. The maximum atomic E-state index is 11.0. The van der Waals surface area contributed by atoms with E-state index in [1.54, 1.807) is 6.07 Å². The standard InChI is InChI=1S/C9H10O4S/c10-7-4-6-2-1-3-8(6)9(5-7)14(11,12)13/h4-5,10H,1-3H2,(H,11,12,13). The van der Waals surface area contributed by atoms with Crippen LogP contribution in [0, 0.1) is 0 Å². The Balaban J connectivity index is 2.72. The number of benzene rings is 1. The van der Waals surface area contributed by atoms with E-state index in [-0.39, 0.29) is 10.6 Å². The molecule has 1 aliphatic rings. The number of rotatable bonds is 1. The molecule has 0 unspecified atom stereocenters. The van der Waals surface area contributed by atoms with E-state index in [2.05, 4.69) is 0 Å². The molecule has 0 amide bonds. The maximum Gasteiger partial charge on any atom is 0.294 e. The fourth-order valence-electron chi connectivity index (χ4n) is 1.88. The van der Waals surface area contributed by atoms with E-state index in [1.165, 1.54) is 0 Å². The first kappa shape index (κ1) is 9.48. The van der Waals surface area contributed by atoms with Gasteiger partial charge in [-0.15, -0.1) is 0 Å². The van der Waals surface area contributed by atoms with Gasteiger partial charge in [-0.2, -0.15) is 8.42 Å². The number of hydrogen-bond acceptors (Lipinski definition) is 3. The molecular weight excluding hydrogens is 204 g/mol. The number of aryl methyl sites for hydroxylation is 1. The van der Waals surface area contributed by atoms with Crippen molar-refractivity contribution >= 4 is 10.1 Å². The van der Waals surface area contributed by atoms with Crippen LogP contribution < -0.4 is 0 Å². The predicted octanol–water partition coefficient (Wildman–Crippen LogP) is 1.13. The average Bonchev–Trinajstić information content (AvgIpc) is 2.47. The van der Waals surface area contributed by atoms with Gasteiger partial charge in [-0.3, -0.25) is 4.55 Å². The van der Waals surface area contributed by atoms with Crippen LogP contribution in [-0.2, 0) is 23.0 Å². The summed E-state index contributed by atoms with van der Waals surface area (Å²) in [7, 11) is -4.21. The highest BCUT2D eigenvalue weighted by atomic mass is 32.2. The number of fused-ring (bicyclic) bond motifs is 1. The zero-order chi connectivity index (χ0) is 10.3. The Labute approximate surface area is 81.9 Å². The molecule has 4 nitrogen and oxygen atoms in total. The fourth-order valence-corrected chi connectivity index (χ4v) is 2.69. The first-order chi connectivity index (χ1) is 6.48. The zero-order valence-corrected chi connectivity index (χ0v) is 8.21. The molecule has 0 aromatic heterocycles. The van der Waals surface area contributed by atoms with Gasteiger partial charge in [-0.05, 0) is 36.5 Å². The molecule has 5 heteroatoms. The molecule has 14 heavy (non-hydrogen) atoms. The third-order valence-electron chi connectivity index (χ3n) is 2.44. The van der Waals surface area contributed by atoms with Crippen molar-refractivity contribution in [3.05, 3.63) is 23.3 Å². The average molecular weight is 214 g/mol. The lowest BCUT2D eigenvalue weighted by atomic mass is 10.1.